The van der Waals surface area contributed by atoms with E-state index in [9.17, 15) is 4.79 Å². The second kappa shape index (κ2) is 9.40. The molecule has 1 heterocycles. The molecule has 1 N–H and O–H groups in total. The van der Waals surface area contributed by atoms with Crippen molar-refractivity contribution >= 4 is 5.91 Å². The Morgan fingerprint density at radius 2 is 1.83 bits per heavy atom. The molecule has 0 aromatic heterocycles. The van der Waals surface area contributed by atoms with Gasteiger partial charge in [-0.25, -0.2) is 0 Å². The minimum absolute atomic E-state index is 0.0602. The lowest BCUT2D eigenvalue weighted by atomic mass is 10.0. The third-order valence-corrected chi connectivity index (χ3v) is 4.03. The van der Waals surface area contributed by atoms with E-state index in [4.69, 9.17) is 9.47 Å². The smallest absolute Gasteiger partial charge is 0.260 e. The molecule has 5 nitrogen and oxygen atoms in total. The summed E-state index contributed by atoms with van der Waals surface area (Å²) in [6.45, 7) is 7.42. The Morgan fingerprint density at radius 1 is 1.17 bits per heavy atom. The van der Waals surface area contributed by atoms with Crippen LogP contribution in [0, 0.1) is 0 Å². The monoisotopic (exact) mass is 320 g/mol. The van der Waals surface area contributed by atoms with Gasteiger partial charge in [0.25, 0.3) is 5.91 Å². The van der Waals surface area contributed by atoms with Crippen molar-refractivity contribution in [3.8, 4) is 11.5 Å². The van der Waals surface area contributed by atoms with Crippen LogP contribution in [0.4, 0.5) is 0 Å². The molecule has 5 heteroatoms. The molecule has 1 aliphatic rings. The van der Waals surface area contributed by atoms with Crippen LogP contribution in [-0.2, 0) is 4.79 Å². The zero-order valence-corrected chi connectivity index (χ0v) is 14.2. The molecule has 0 bridgehead atoms. The number of benzene rings is 1. The molecule has 0 radical (unpaired) electrons. The van der Waals surface area contributed by atoms with E-state index < -0.39 is 0 Å². The van der Waals surface area contributed by atoms with Crippen LogP contribution in [0.15, 0.2) is 24.3 Å². The molecule has 2 rings (SSSR count). The van der Waals surface area contributed by atoms with Crippen LogP contribution in [0.2, 0.25) is 0 Å². The summed E-state index contributed by atoms with van der Waals surface area (Å²) in [6.07, 6.45) is 2.99. The lowest BCUT2D eigenvalue weighted by Gasteiger charge is -2.34. The molecule has 0 spiro atoms. The number of para-hydroxylation sites is 2. The van der Waals surface area contributed by atoms with Crippen LogP contribution in [0.3, 0.4) is 0 Å². The molecule has 1 aromatic carbocycles. The van der Waals surface area contributed by atoms with Gasteiger partial charge in [-0.1, -0.05) is 19.1 Å². The van der Waals surface area contributed by atoms with Crippen molar-refractivity contribution in [2.24, 2.45) is 0 Å². The van der Waals surface area contributed by atoms with E-state index >= 15 is 0 Å². The number of rotatable bonds is 8. The second-order valence-corrected chi connectivity index (χ2v) is 5.74. The zero-order chi connectivity index (χ0) is 16.5. The summed E-state index contributed by atoms with van der Waals surface area (Å²) in [5.74, 6) is 1.38. The van der Waals surface area contributed by atoms with Crippen LogP contribution < -0.4 is 14.8 Å². The van der Waals surface area contributed by atoms with Crippen molar-refractivity contribution in [1.82, 2.24) is 10.2 Å². The fourth-order valence-electron chi connectivity index (χ4n) is 2.94. The van der Waals surface area contributed by atoms with E-state index in [2.05, 4.69) is 12.2 Å². The van der Waals surface area contributed by atoms with E-state index in [-0.39, 0.29) is 12.5 Å². The fraction of sp³-hybridized carbons (Fsp3) is 0.611. The number of piperidine rings is 1. The number of carbonyl (C=O) groups is 1. The molecular formula is C18H28N2O3. The first-order valence-electron chi connectivity index (χ1n) is 8.61. The van der Waals surface area contributed by atoms with Crippen LogP contribution in [0.1, 0.15) is 33.1 Å². The van der Waals surface area contributed by atoms with Crippen LogP contribution in [-0.4, -0.2) is 49.7 Å². The quantitative estimate of drug-likeness (QED) is 0.799. The molecule has 1 saturated heterocycles. The molecule has 23 heavy (non-hydrogen) atoms. The summed E-state index contributed by atoms with van der Waals surface area (Å²) in [5.41, 5.74) is 0. The van der Waals surface area contributed by atoms with Crippen LogP contribution in [0.25, 0.3) is 0 Å². The highest BCUT2D eigenvalue weighted by molar-refractivity contribution is 5.78. The van der Waals surface area contributed by atoms with Gasteiger partial charge < -0.3 is 19.7 Å². The van der Waals surface area contributed by atoms with Gasteiger partial charge in [0, 0.05) is 12.6 Å². The normalized spacial score (nSPS) is 15.2. The predicted molar refractivity (Wildman–Crippen MR) is 91.0 cm³/mol. The number of hydrogen-bond acceptors (Lipinski definition) is 4. The molecule has 1 aromatic rings. The van der Waals surface area contributed by atoms with Crippen molar-refractivity contribution in [2.75, 3.05) is 32.8 Å². The minimum atomic E-state index is 0.0602. The van der Waals surface area contributed by atoms with Gasteiger partial charge in [0.1, 0.15) is 0 Å². The highest BCUT2D eigenvalue weighted by Crippen LogP contribution is 2.26. The van der Waals surface area contributed by atoms with Crippen molar-refractivity contribution in [3.63, 3.8) is 0 Å². The third-order valence-electron chi connectivity index (χ3n) is 4.03. The van der Waals surface area contributed by atoms with Crippen molar-refractivity contribution < 1.29 is 14.3 Å². The average Bonchev–Trinajstić information content (AvgIpc) is 2.59. The number of nitrogens with one attached hydrogen (secondary N) is 1. The Hall–Kier alpha value is -1.75. The standard InChI is InChI=1S/C18H28N2O3/c1-3-13-20(15-9-11-19-12-10-15)18(21)14-23-17-8-6-5-7-16(17)22-4-2/h5-8,15,19H,3-4,9-14H2,1-2H3. The van der Waals surface area contributed by atoms with Crippen LogP contribution in [0.5, 0.6) is 11.5 Å². The van der Waals surface area contributed by atoms with Crippen molar-refractivity contribution in [1.29, 1.82) is 0 Å². The van der Waals surface area contributed by atoms with Gasteiger partial charge in [0.05, 0.1) is 6.61 Å². The Bertz CT molecular complexity index is 487. The Morgan fingerprint density at radius 3 is 2.43 bits per heavy atom. The van der Waals surface area contributed by atoms with Gasteiger partial charge in [-0.15, -0.1) is 0 Å². The molecule has 1 aliphatic heterocycles. The summed E-state index contributed by atoms with van der Waals surface area (Å²) in [5, 5.41) is 3.34. The summed E-state index contributed by atoms with van der Waals surface area (Å²) in [7, 11) is 0. The van der Waals surface area contributed by atoms with Crippen molar-refractivity contribution in [2.45, 2.75) is 39.2 Å². The fourth-order valence-corrected chi connectivity index (χ4v) is 2.94. The number of amides is 1. The number of ether oxygens (including phenoxy) is 2. The summed E-state index contributed by atoms with van der Waals surface area (Å²) < 4.78 is 11.3. The third kappa shape index (κ3) is 5.13. The van der Waals surface area contributed by atoms with Gasteiger partial charge in [-0.05, 0) is 51.4 Å². The number of nitrogens with zero attached hydrogens (tertiary/aromatic N) is 1. The molecule has 128 valence electrons. The van der Waals surface area contributed by atoms with E-state index in [0.717, 1.165) is 38.9 Å². The maximum absolute atomic E-state index is 12.6. The summed E-state index contributed by atoms with van der Waals surface area (Å²) in [6, 6.07) is 7.82. The number of hydrogen-bond donors (Lipinski definition) is 1. The summed E-state index contributed by atoms with van der Waals surface area (Å²) in [4.78, 5) is 14.6. The van der Waals surface area contributed by atoms with E-state index in [1.54, 1.807) is 0 Å². The zero-order valence-electron chi connectivity index (χ0n) is 14.2. The molecule has 0 unspecified atom stereocenters. The molecular weight excluding hydrogens is 292 g/mol. The Balaban J connectivity index is 1.95. The van der Waals surface area contributed by atoms with E-state index in [1.165, 1.54) is 0 Å². The maximum atomic E-state index is 12.6. The Kier molecular flexibility index (Phi) is 7.20. The maximum Gasteiger partial charge on any atom is 0.260 e. The first kappa shape index (κ1) is 17.6. The Labute approximate surface area is 139 Å². The molecule has 1 amide bonds. The molecule has 1 fully saturated rings. The molecule has 0 saturated carbocycles. The lowest BCUT2D eigenvalue weighted by molar-refractivity contribution is -0.136. The van der Waals surface area contributed by atoms with Gasteiger partial charge >= 0.3 is 0 Å². The molecule has 0 aliphatic carbocycles. The van der Waals surface area contributed by atoms with Gasteiger partial charge in [0.15, 0.2) is 18.1 Å². The van der Waals surface area contributed by atoms with Crippen LogP contribution >= 0.6 is 0 Å². The first-order valence-corrected chi connectivity index (χ1v) is 8.61. The highest BCUT2D eigenvalue weighted by Gasteiger charge is 2.25. The van der Waals surface area contributed by atoms with E-state index in [0.29, 0.717) is 24.1 Å². The van der Waals surface area contributed by atoms with E-state index in [1.807, 2.05) is 36.1 Å². The van der Waals surface area contributed by atoms with Gasteiger partial charge in [0.2, 0.25) is 0 Å². The minimum Gasteiger partial charge on any atom is -0.490 e. The topological polar surface area (TPSA) is 50.8 Å². The second-order valence-electron chi connectivity index (χ2n) is 5.74. The largest absolute Gasteiger partial charge is 0.490 e. The average molecular weight is 320 g/mol. The van der Waals surface area contributed by atoms with Crippen molar-refractivity contribution in [3.05, 3.63) is 24.3 Å². The predicted octanol–water partition coefficient (Wildman–Crippen LogP) is 2.45. The highest BCUT2D eigenvalue weighted by atomic mass is 16.5. The lowest BCUT2D eigenvalue weighted by Crippen LogP contribution is -2.48. The SMILES string of the molecule is CCCN(C(=O)COc1ccccc1OCC)C1CCNCC1. The van der Waals surface area contributed by atoms with Gasteiger partial charge in [-0.3, -0.25) is 4.79 Å². The summed E-state index contributed by atoms with van der Waals surface area (Å²) >= 11 is 0. The van der Waals surface area contributed by atoms with Gasteiger partial charge in [-0.2, -0.15) is 0 Å². The number of carbonyl (C=O) groups excluding carboxylic acids is 1. The first-order chi connectivity index (χ1) is 11.3. The molecule has 0 atom stereocenters.